The molecule has 0 aromatic heterocycles. The van der Waals surface area contributed by atoms with Gasteiger partial charge in [0.2, 0.25) is 10.0 Å². The average Bonchev–Trinajstić information content (AvgIpc) is 2.57. The largest absolute Gasteiger partial charge is 0.303 e. The van der Waals surface area contributed by atoms with Crippen LogP contribution in [0.15, 0.2) is 57.9 Å². The maximum Gasteiger partial charge on any atom is 0.243 e. The summed E-state index contributed by atoms with van der Waals surface area (Å²) in [5.41, 5.74) is 1.95. The third kappa shape index (κ3) is 3.42. The number of benzene rings is 2. The van der Waals surface area contributed by atoms with Crippen LogP contribution in [0.1, 0.15) is 17.2 Å². The lowest BCUT2D eigenvalue weighted by atomic mass is 10.1. The third-order valence-electron chi connectivity index (χ3n) is 4.45. The Kier molecular flexibility index (Phi) is 5.11. The first-order chi connectivity index (χ1) is 11.4. The van der Waals surface area contributed by atoms with Crippen LogP contribution in [0.25, 0.3) is 0 Å². The van der Waals surface area contributed by atoms with Gasteiger partial charge in [-0.05, 0) is 43.3 Å². The molecule has 1 atom stereocenters. The summed E-state index contributed by atoms with van der Waals surface area (Å²) in [4.78, 5) is 2.53. The SMILES string of the molecule is Cc1cc(S(=O)(=O)N2CCN(C)CC2c2ccccc2)ccc1Br. The van der Waals surface area contributed by atoms with Crippen LogP contribution in [0.5, 0.6) is 0 Å². The third-order valence-corrected chi connectivity index (χ3v) is 7.25. The van der Waals surface area contributed by atoms with Gasteiger partial charge in [0.15, 0.2) is 0 Å². The molecule has 0 radical (unpaired) electrons. The first kappa shape index (κ1) is 17.6. The highest BCUT2D eigenvalue weighted by atomic mass is 79.9. The lowest BCUT2D eigenvalue weighted by Crippen LogP contribution is -2.49. The number of rotatable bonds is 3. The van der Waals surface area contributed by atoms with E-state index in [9.17, 15) is 8.42 Å². The predicted octanol–water partition coefficient (Wildman–Crippen LogP) is 3.43. The van der Waals surface area contributed by atoms with Crippen LogP contribution in [0.4, 0.5) is 0 Å². The Hall–Kier alpha value is -1.21. The van der Waals surface area contributed by atoms with E-state index < -0.39 is 10.0 Å². The van der Waals surface area contributed by atoms with Crippen molar-refractivity contribution in [3.05, 3.63) is 64.1 Å². The molecular formula is C18H21BrN2O2S. The Morgan fingerprint density at radius 1 is 1.08 bits per heavy atom. The topological polar surface area (TPSA) is 40.6 Å². The molecule has 0 saturated carbocycles. The number of likely N-dealkylation sites (N-methyl/N-ethyl adjacent to an activating group) is 1. The second kappa shape index (κ2) is 6.96. The molecule has 2 aromatic carbocycles. The molecule has 3 rings (SSSR count). The van der Waals surface area contributed by atoms with E-state index in [2.05, 4.69) is 20.8 Å². The first-order valence-corrected chi connectivity index (χ1v) is 10.1. The van der Waals surface area contributed by atoms with Gasteiger partial charge in [0.25, 0.3) is 0 Å². The van der Waals surface area contributed by atoms with Gasteiger partial charge in [-0.2, -0.15) is 4.31 Å². The van der Waals surface area contributed by atoms with Gasteiger partial charge in [-0.25, -0.2) is 8.42 Å². The minimum atomic E-state index is -3.54. The number of piperazine rings is 1. The Balaban J connectivity index is 2.02. The Morgan fingerprint density at radius 2 is 1.79 bits per heavy atom. The molecule has 1 heterocycles. The molecule has 0 N–H and O–H groups in total. The van der Waals surface area contributed by atoms with Crippen LogP contribution in [-0.2, 0) is 10.0 Å². The fourth-order valence-corrected chi connectivity index (χ4v) is 4.98. The highest BCUT2D eigenvalue weighted by Crippen LogP contribution is 2.31. The van der Waals surface area contributed by atoms with Crippen molar-refractivity contribution in [2.24, 2.45) is 0 Å². The molecule has 1 saturated heterocycles. The summed E-state index contributed by atoms with van der Waals surface area (Å²) >= 11 is 3.43. The molecule has 24 heavy (non-hydrogen) atoms. The second-order valence-electron chi connectivity index (χ2n) is 6.22. The van der Waals surface area contributed by atoms with E-state index in [1.807, 2.05) is 44.3 Å². The lowest BCUT2D eigenvalue weighted by Gasteiger charge is -2.39. The predicted molar refractivity (Wildman–Crippen MR) is 99.5 cm³/mol. The highest BCUT2D eigenvalue weighted by Gasteiger charge is 2.36. The van der Waals surface area contributed by atoms with Crippen LogP contribution in [0.3, 0.4) is 0 Å². The molecular weight excluding hydrogens is 388 g/mol. The normalized spacial score (nSPS) is 20.2. The van der Waals surface area contributed by atoms with Gasteiger partial charge < -0.3 is 4.90 Å². The van der Waals surface area contributed by atoms with Crippen LogP contribution in [-0.4, -0.2) is 44.3 Å². The van der Waals surface area contributed by atoms with Crippen molar-refractivity contribution in [2.45, 2.75) is 17.9 Å². The van der Waals surface area contributed by atoms with Crippen molar-refractivity contribution in [2.75, 3.05) is 26.7 Å². The van der Waals surface area contributed by atoms with E-state index in [1.54, 1.807) is 22.5 Å². The molecule has 0 aliphatic carbocycles. The summed E-state index contributed by atoms with van der Waals surface area (Å²) in [6.07, 6.45) is 0. The Labute approximate surface area is 152 Å². The van der Waals surface area contributed by atoms with E-state index in [4.69, 9.17) is 0 Å². The minimum absolute atomic E-state index is 0.168. The maximum atomic E-state index is 13.2. The molecule has 1 fully saturated rings. The van der Waals surface area contributed by atoms with Crippen molar-refractivity contribution >= 4 is 26.0 Å². The summed E-state index contributed by atoms with van der Waals surface area (Å²) in [7, 11) is -1.50. The monoisotopic (exact) mass is 408 g/mol. The molecule has 128 valence electrons. The summed E-state index contributed by atoms with van der Waals surface area (Å²) < 4.78 is 29.0. The standard InChI is InChI=1S/C18H21BrN2O2S/c1-14-12-16(8-9-17(14)19)24(22,23)21-11-10-20(2)13-18(21)15-6-4-3-5-7-15/h3-9,12,18H,10-11,13H2,1-2H3. The van der Waals surface area contributed by atoms with Crippen molar-refractivity contribution in [3.63, 3.8) is 0 Å². The first-order valence-electron chi connectivity index (χ1n) is 7.91. The van der Waals surface area contributed by atoms with E-state index in [1.165, 1.54) is 0 Å². The zero-order valence-corrected chi connectivity index (χ0v) is 16.2. The van der Waals surface area contributed by atoms with Crippen LogP contribution < -0.4 is 0 Å². The Bertz CT molecular complexity index is 824. The van der Waals surface area contributed by atoms with E-state index in [0.29, 0.717) is 18.0 Å². The molecule has 1 unspecified atom stereocenters. The molecule has 1 aliphatic heterocycles. The van der Waals surface area contributed by atoms with Gasteiger partial charge >= 0.3 is 0 Å². The number of sulfonamides is 1. The second-order valence-corrected chi connectivity index (χ2v) is 8.96. The van der Waals surface area contributed by atoms with E-state index in [-0.39, 0.29) is 6.04 Å². The molecule has 0 spiro atoms. The van der Waals surface area contributed by atoms with Gasteiger partial charge in [0.05, 0.1) is 10.9 Å². The minimum Gasteiger partial charge on any atom is -0.303 e. The fraction of sp³-hybridized carbons (Fsp3) is 0.333. The van der Waals surface area contributed by atoms with Crippen LogP contribution in [0.2, 0.25) is 0 Å². The zero-order valence-electron chi connectivity index (χ0n) is 13.8. The summed E-state index contributed by atoms with van der Waals surface area (Å²) in [6.45, 7) is 3.83. The maximum absolute atomic E-state index is 13.2. The lowest BCUT2D eigenvalue weighted by molar-refractivity contribution is 0.160. The smallest absolute Gasteiger partial charge is 0.243 e. The van der Waals surface area contributed by atoms with E-state index in [0.717, 1.165) is 22.1 Å². The van der Waals surface area contributed by atoms with E-state index >= 15 is 0 Å². The summed E-state index contributed by atoms with van der Waals surface area (Å²) in [6, 6.07) is 14.9. The van der Waals surface area contributed by atoms with Crippen LogP contribution in [0, 0.1) is 6.92 Å². The van der Waals surface area contributed by atoms with Crippen molar-refractivity contribution in [1.82, 2.24) is 9.21 Å². The summed E-state index contributed by atoms with van der Waals surface area (Å²) in [5, 5.41) is 0. The van der Waals surface area contributed by atoms with Gasteiger partial charge in [0, 0.05) is 24.1 Å². The van der Waals surface area contributed by atoms with Gasteiger partial charge in [-0.15, -0.1) is 0 Å². The molecule has 6 heteroatoms. The fourth-order valence-electron chi connectivity index (χ4n) is 3.05. The van der Waals surface area contributed by atoms with Crippen molar-refractivity contribution in [3.8, 4) is 0 Å². The van der Waals surface area contributed by atoms with Gasteiger partial charge in [-0.1, -0.05) is 46.3 Å². The molecule has 4 nitrogen and oxygen atoms in total. The number of hydrogen-bond acceptors (Lipinski definition) is 3. The average molecular weight is 409 g/mol. The summed E-state index contributed by atoms with van der Waals surface area (Å²) in [5.74, 6) is 0. The number of hydrogen-bond donors (Lipinski definition) is 0. The van der Waals surface area contributed by atoms with Crippen molar-refractivity contribution in [1.29, 1.82) is 0 Å². The molecule has 0 bridgehead atoms. The number of aryl methyl sites for hydroxylation is 1. The van der Waals surface area contributed by atoms with Gasteiger partial charge in [-0.3, -0.25) is 0 Å². The quantitative estimate of drug-likeness (QED) is 0.780. The Morgan fingerprint density at radius 3 is 2.46 bits per heavy atom. The zero-order chi connectivity index (χ0) is 17.3. The molecule has 1 aliphatic rings. The van der Waals surface area contributed by atoms with Crippen LogP contribution >= 0.6 is 15.9 Å². The van der Waals surface area contributed by atoms with Gasteiger partial charge in [0.1, 0.15) is 0 Å². The molecule has 0 amide bonds. The number of halogens is 1. The van der Waals surface area contributed by atoms with Crippen molar-refractivity contribution < 1.29 is 8.42 Å². The highest BCUT2D eigenvalue weighted by molar-refractivity contribution is 9.10. The molecule has 2 aromatic rings. The number of nitrogens with zero attached hydrogens (tertiary/aromatic N) is 2.